The molecular formula is C20H17FN2O3. The molecule has 0 N–H and O–H groups in total. The van der Waals surface area contributed by atoms with Crippen LogP contribution in [0, 0.1) is 5.82 Å². The highest BCUT2D eigenvalue weighted by Gasteiger charge is 2.43. The average Bonchev–Trinajstić information content (AvgIpc) is 3.33. The fourth-order valence-electron chi connectivity index (χ4n) is 3.27. The van der Waals surface area contributed by atoms with Crippen molar-refractivity contribution < 1.29 is 18.4 Å². The Morgan fingerprint density at radius 2 is 2.00 bits per heavy atom. The van der Waals surface area contributed by atoms with Crippen LogP contribution in [-0.4, -0.2) is 29.1 Å². The first kappa shape index (κ1) is 16.6. The zero-order valence-corrected chi connectivity index (χ0v) is 14.2. The van der Waals surface area contributed by atoms with Crippen molar-refractivity contribution in [1.29, 1.82) is 0 Å². The highest BCUT2D eigenvalue weighted by Crippen LogP contribution is 2.39. The van der Waals surface area contributed by atoms with Gasteiger partial charge in [-0.05, 0) is 43.2 Å². The molecule has 0 amide bonds. The van der Waals surface area contributed by atoms with Crippen LogP contribution in [0.1, 0.15) is 35.1 Å². The van der Waals surface area contributed by atoms with Crippen LogP contribution in [0.5, 0.6) is 0 Å². The molecule has 1 aliphatic heterocycles. The van der Waals surface area contributed by atoms with Crippen LogP contribution in [0.25, 0.3) is 11.5 Å². The maximum atomic E-state index is 13.3. The summed E-state index contributed by atoms with van der Waals surface area (Å²) in [5.41, 5.74) is 1.60. The highest BCUT2D eigenvalue weighted by atomic mass is 19.1. The summed E-state index contributed by atoms with van der Waals surface area (Å²) < 4.78 is 24.4. The fourth-order valence-corrected chi connectivity index (χ4v) is 3.27. The molecular weight excluding hydrogens is 335 g/mol. The summed E-state index contributed by atoms with van der Waals surface area (Å²) in [5, 5.41) is 4.18. The van der Waals surface area contributed by atoms with E-state index in [0.717, 1.165) is 5.56 Å². The standard InChI is InChI=1S/C20H17FN2O3/c1-13(24)14-3-2-4-15(11-14)18-22-19(23-26-18)20(9-10-25-12-20)16-5-7-17(21)8-6-16/h2-8,11H,9-10,12H2,1H3/t20-/m0/s1. The summed E-state index contributed by atoms with van der Waals surface area (Å²) in [6.45, 7) is 2.49. The topological polar surface area (TPSA) is 65.2 Å². The Balaban J connectivity index is 1.75. The number of aromatic nitrogens is 2. The minimum Gasteiger partial charge on any atom is -0.380 e. The van der Waals surface area contributed by atoms with Crippen LogP contribution < -0.4 is 0 Å². The van der Waals surface area contributed by atoms with Gasteiger partial charge in [-0.25, -0.2) is 4.39 Å². The molecule has 1 aliphatic rings. The highest BCUT2D eigenvalue weighted by molar-refractivity contribution is 5.95. The van der Waals surface area contributed by atoms with E-state index in [-0.39, 0.29) is 11.6 Å². The van der Waals surface area contributed by atoms with Crippen molar-refractivity contribution in [2.75, 3.05) is 13.2 Å². The van der Waals surface area contributed by atoms with E-state index in [4.69, 9.17) is 9.26 Å². The summed E-state index contributed by atoms with van der Waals surface area (Å²) >= 11 is 0. The minimum absolute atomic E-state index is 0.0291. The molecule has 26 heavy (non-hydrogen) atoms. The molecule has 0 radical (unpaired) electrons. The Kier molecular flexibility index (Phi) is 4.12. The molecule has 1 saturated heterocycles. The number of Topliss-reactive ketones (excluding diaryl/α,β-unsaturated/α-hetero) is 1. The van der Waals surface area contributed by atoms with Gasteiger partial charge in [-0.2, -0.15) is 4.98 Å². The van der Waals surface area contributed by atoms with Crippen molar-refractivity contribution in [3.05, 3.63) is 71.3 Å². The number of hydrogen-bond acceptors (Lipinski definition) is 5. The Hall–Kier alpha value is -2.86. The molecule has 0 bridgehead atoms. The van der Waals surface area contributed by atoms with Gasteiger partial charge in [-0.1, -0.05) is 29.4 Å². The number of nitrogens with zero attached hydrogens (tertiary/aromatic N) is 2. The quantitative estimate of drug-likeness (QED) is 0.669. The number of benzene rings is 2. The molecule has 3 aromatic rings. The Bertz CT molecular complexity index is 944. The first-order valence-electron chi connectivity index (χ1n) is 8.38. The van der Waals surface area contributed by atoms with E-state index in [0.29, 0.717) is 42.5 Å². The van der Waals surface area contributed by atoms with Crippen LogP contribution in [0.3, 0.4) is 0 Å². The lowest BCUT2D eigenvalue weighted by Gasteiger charge is -2.23. The number of halogens is 1. The SMILES string of the molecule is CC(=O)c1cccc(-c2nc([C@@]3(c4ccc(F)cc4)CCOC3)no2)c1. The number of hydrogen-bond donors (Lipinski definition) is 0. The van der Waals surface area contributed by atoms with Crippen LogP contribution in [0.2, 0.25) is 0 Å². The van der Waals surface area contributed by atoms with Crippen molar-refractivity contribution in [3.8, 4) is 11.5 Å². The summed E-state index contributed by atoms with van der Waals surface area (Å²) in [7, 11) is 0. The van der Waals surface area contributed by atoms with E-state index in [9.17, 15) is 9.18 Å². The minimum atomic E-state index is -0.562. The van der Waals surface area contributed by atoms with Gasteiger partial charge in [-0.3, -0.25) is 4.79 Å². The molecule has 132 valence electrons. The maximum absolute atomic E-state index is 13.3. The van der Waals surface area contributed by atoms with Crippen molar-refractivity contribution in [3.63, 3.8) is 0 Å². The van der Waals surface area contributed by atoms with Crippen molar-refractivity contribution in [2.24, 2.45) is 0 Å². The molecule has 2 aromatic carbocycles. The van der Waals surface area contributed by atoms with E-state index in [1.807, 2.05) is 6.07 Å². The number of ether oxygens (including phenoxy) is 1. The summed E-state index contributed by atoms with van der Waals surface area (Å²) in [6, 6.07) is 13.4. The van der Waals surface area contributed by atoms with Crippen molar-refractivity contribution in [2.45, 2.75) is 18.8 Å². The molecule has 0 unspecified atom stereocenters. The molecule has 0 aliphatic carbocycles. The molecule has 0 saturated carbocycles. The zero-order valence-electron chi connectivity index (χ0n) is 14.2. The smallest absolute Gasteiger partial charge is 0.257 e. The van der Waals surface area contributed by atoms with Gasteiger partial charge in [0.1, 0.15) is 5.82 Å². The van der Waals surface area contributed by atoms with Gasteiger partial charge < -0.3 is 9.26 Å². The number of rotatable bonds is 4. The van der Waals surface area contributed by atoms with Gasteiger partial charge in [0.2, 0.25) is 0 Å². The van der Waals surface area contributed by atoms with Crippen LogP contribution >= 0.6 is 0 Å². The van der Waals surface area contributed by atoms with Gasteiger partial charge in [-0.15, -0.1) is 0 Å². The van der Waals surface area contributed by atoms with Gasteiger partial charge in [0.05, 0.1) is 12.0 Å². The second-order valence-electron chi connectivity index (χ2n) is 6.45. The molecule has 2 heterocycles. The fraction of sp³-hybridized carbons (Fsp3) is 0.250. The predicted octanol–water partition coefficient (Wildman–Crippen LogP) is 3.78. The van der Waals surface area contributed by atoms with Gasteiger partial charge in [0, 0.05) is 17.7 Å². The Morgan fingerprint density at radius 1 is 1.19 bits per heavy atom. The average molecular weight is 352 g/mol. The van der Waals surface area contributed by atoms with E-state index in [2.05, 4.69) is 10.1 Å². The largest absolute Gasteiger partial charge is 0.380 e. The molecule has 1 fully saturated rings. The zero-order chi connectivity index (χ0) is 18.1. The third-order valence-corrected chi connectivity index (χ3v) is 4.79. The lowest BCUT2D eigenvalue weighted by atomic mass is 9.79. The van der Waals surface area contributed by atoms with E-state index in [1.165, 1.54) is 19.1 Å². The monoisotopic (exact) mass is 352 g/mol. The summed E-state index contributed by atoms with van der Waals surface area (Å²) in [5.74, 6) is 0.526. The number of ketones is 1. The molecule has 1 atom stereocenters. The normalized spacial score (nSPS) is 19.6. The van der Waals surface area contributed by atoms with Crippen molar-refractivity contribution >= 4 is 5.78 Å². The van der Waals surface area contributed by atoms with E-state index >= 15 is 0 Å². The lowest BCUT2D eigenvalue weighted by molar-refractivity contribution is 0.101. The van der Waals surface area contributed by atoms with Crippen LogP contribution in [-0.2, 0) is 10.2 Å². The molecule has 5 nitrogen and oxygen atoms in total. The summed E-state index contributed by atoms with van der Waals surface area (Å²) in [4.78, 5) is 16.2. The van der Waals surface area contributed by atoms with Gasteiger partial charge >= 0.3 is 0 Å². The van der Waals surface area contributed by atoms with E-state index < -0.39 is 5.41 Å². The second-order valence-corrected chi connectivity index (χ2v) is 6.45. The Morgan fingerprint density at radius 3 is 2.69 bits per heavy atom. The van der Waals surface area contributed by atoms with Crippen LogP contribution in [0.4, 0.5) is 4.39 Å². The first-order chi connectivity index (χ1) is 12.6. The van der Waals surface area contributed by atoms with Crippen LogP contribution in [0.15, 0.2) is 53.1 Å². The van der Waals surface area contributed by atoms with Gasteiger partial charge in [0.25, 0.3) is 5.89 Å². The molecule has 1 aromatic heterocycles. The number of carbonyl (C=O) groups is 1. The third-order valence-electron chi connectivity index (χ3n) is 4.79. The van der Waals surface area contributed by atoms with Crippen molar-refractivity contribution in [1.82, 2.24) is 10.1 Å². The molecule has 6 heteroatoms. The Labute approximate surface area is 149 Å². The maximum Gasteiger partial charge on any atom is 0.257 e. The summed E-state index contributed by atoms with van der Waals surface area (Å²) in [6.07, 6.45) is 0.686. The predicted molar refractivity (Wildman–Crippen MR) is 92.4 cm³/mol. The second kappa shape index (κ2) is 6.46. The third kappa shape index (κ3) is 2.82. The first-order valence-corrected chi connectivity index (χ1v) is 8.38. The van der Waals surface area contributed by atoms with E-state index in [1.54, 1.807) is 30.3 Å². The van der Waals surface area contributed by atoms with Gasteiger partial charge in [0.15, 0.2) is 11.6 Å². The molecule has 0 spiro atoms. The lowest BCUT2D eigenvalue weighted by Crippen LogP contribution is -2.29. The molecule has 4 rings (SSSR count). The number of carbonyl (C=O) groups excluding carboxylic acids is 1.